The van der Waals surface area contributed by atoms with Gasteiger partial charge in [0.05, 0.1) is 9.26 Å². The van der Waals surface area contributed by atoms with Crippen molar-refractivity contribution >= 4 is 22.6 Å². The second kappa shape index (κ2) is 5.23. The van der Waals surface area contributed by atoms with E-state index in [-0.39, 0.29) is 12.0 Å². The van der Waals surface area contributed by atoms with Gasteiger partial charge in [0, 0.05) is 18.4 Å². The van der Waals surface area contributed by atoms with Gasteiger partial charge < -0.3 is 4.98 Å². The lowest BCUT2D eigenvalue weighted by atomic mass is 10.1. The van der Waals surface area contributed by atoms with Crippen LogP contribution in [-0.2, 0) is 6.42 Å². The van der Waals surface area contributed by atoms with Gasteiger partial charge in [-0.05, 0) is 47.1 Å². The third-order valence-corrected chi connectivity index (χ3v) is 4.32. The molecular formula is C14H11F2IN2O. The van der Waals surface area contributed by atoms with E-state index in [1.807, 2.05) is 22.6 Å². The van der Waals surface area contributed by atoms with E-state index < -0.39 is 11.6 Å². The Hall–Kier alpha value is -1.31. The fraction of sp³-hybridized carbons (Fsp3) is 0.286. The van der Waals surface area contributed by atoms with Gasteiger partial charge >= 0.3 is 0 Å². The van der Waals surface area contributed by atoms with Gasteiger partial charge in [0.15, 0.2) is 0 Å². The molecule has 0 amide bonds. The van der Waals surface area contributed by atoms with Gasteiger partial charge in [0.1, 0.15) is 17.5 Å². The molecule has 104 valence electrons. The maximum atomic E-state index is 13.6. The smallest absolute Gasteiger partial charge is 0.264 e. The quantitative estimate of drug-likeness (QED) is 0.822. The van der Waals surface area contributed by atoms with Gasteiger partial charge in [-0.3, -0.25) is 4.79 Å². The average Bonchev–Trinajstić information content (AvgIpc) is 3.21. The number of hydrogen-bond donors (Lipinski definition) is 1. The van der Waals surface area contributed by atoms with Crippen molar-refractivity contribution in [2.75, 3.05) is 0 Å². The normalized spacial score (nSPS) is 14.6. The van der Waals surface area contributed by atoms with Crippen LogP contribution in [0.25, 0.3) is 0 Å². The Balaban J connectivity index is 1.96. The second-order valence-corrected chi connectivity index (χ2v) is 5.98. The summed E-state index contributed by atoms with van der Waals surface area (Å²) in [6.07, 6.45) is 2.23. The van der Waals surface area contributed by atoms with Crippen LogP contribution in [-0.4, -0.2) is 9.97 Å². The van der Waals surface area contributed by atoms with Crippen LogP contribution in [0.2, 0.25) is 0 Å². The molecule has 3 nitrogen and oxygen atoms in total. The first-order valence-electron chi connectivity index (χ1n) is 6.27. The van der Waals surface area contributed by atoms with Crippen molar-refractivity contribution in [2.24, 2.45) is 0 Å². The SMILES string of the molecule is O=c1[nH]c(Cc2ccc(F)cc2F)nc(C2CC2)c1I. The molecule has 2 aromatic rings. The van der Waals surface area contributed by atoms with Crippen LogP contribution < -0.4 is 5.56 Å². The average molecular weight is 388 g/mol. The summed E-state index contributed by atoms with van der Waals surface area (Å²) in [6, 6.07) is 3.41. The van der Waals surface area contributed by atoms with Crippen molar-refractivity contribution in [3.63, 3.8) is 0 Å². The number of aromatic amines is 1. The van der Waals surface area contributed by atoms with Crippen LogP contribution >= 0.6 is 22.6 Å². The summed E-state index contributed by atoms with van der Waals surface area (Å²) in [4.78, 5) is 19.0. The van der Waals surface area contributed by atoms with E-state index >= 15 is 0 Å². The van der Waals surface area contributed by atoms with E-state index in [9.17, 15) is 13.6 Å². The van der Waals surface area contributed by atoms with E-state index in [1.54, 1.807) is 0 Å². The molecule has 1 heterocycles. The minimum Gasteiger partial charge on any atom is -0.309 e. The van der Waals surface area contributed by atoms with Crippen molar-refractivity contribution in [3.8, 4) is 0 Å². The highest BCUT2D eigenvalue weighted by molar-refractivity contribution is 14.1. The monoisotopic (exact) mass is 388 g/mol. The fourth-order valence-corrected chi connectivity index (χ4v) is 2.78. The fourth-order valence-electron chi connectivity index (χ4n) is 2.08. The Labute approximate surface area is 127 Å². The van der Waals surface area contributed by atoms with Crippen LogP contribution in [0.5, 0.6) is 0 Å². The minimum absolute atomic E-state index is 0.151. The van der Waals surface area contributed by atoms with Crippen molar-refractivity contribution < 1.29 is 8.78 Å². The van der Waals surface area contributed by atoms with Crippen molar-refractivity contribution in [3.05, 3.63) is 60.8 Å². The van der Waals surface area contributed by atoms with Crippen LogP contribution in [0.4, 0.5) is 8.78 Å². The molecule has 1 N–H and O–H groups in total. The minimum atomic E-state index is -0.626. The molecule has 0 atom stereocenters. The lowest BCUT2D eigenvalue weighted by Gasteiger charge is -2.07. The van der Waals surface area contributed by atoms with E-state index in [0.717, 1.165) is 24.6 Å². The largest absolute Gasteiger partial charge is 0.309 e. The summed E-state index contributed by atoms with van der Waals surface area (Å²) in [5, 5.41) is 0. The number of benzene rings is 1. The van der Waals surface area contributed by atoms with E-state index in [0.29, 0.717) is 20.9 Å². The Bertz CT molecular complexity index is 726. The van der Waals surface area contributed by atoms with Gasteiger partial charge in [-0.1, -0.05) is 6.07 Å². The number of nitrogens with one attached hydrogen (secondary N) is 1. The van der Waals surface area contributed by atoms with Crippen molar-refractivity contribution in [2.45, 2.75) is 25.2 Å². The molecule has 1 fully saturated rings. The number of aromatic nitrogens is 2. The first-order valence-corrected chi connectivity index (χ1v) is 7.35. The van der Waals surface area contributed by atoms with E-state index in [4.69, 9.17) is 0 Å². The van der Waals surface area contributed by atoms with Crippen molar-refractivity contribution in [1.29, 1.82) is 0 Å². The standard InChI is InChI=1S/C14H11F2IN2O/c15-9-4-3-8(10(16)6-9)5-11-18-13(7-1-2-7)12(17)14(20)19-11/h3-4,6-7H,1-2,5H2,(H,18,19,20). The molecule has 1 aliphatic rings. The zero-order valence-corrected chi connectivity index (χ0v) is 12.6. The maximum absolute atomic E-state index is 13.6. The Morgan fingerprint density at radius 2 is 2.10 bits per heavy atom. The highest BCUT2D eigenvalue weighted by atomic mass is 127. The van der Waals surface area contributed by atoms with Gasteiger partial charge in [0.25, 0.3) is 5.56 Å². The van der Waals surface area contributed by atoms with Gasteiger partial charge in [0.2, 0.25) is 0 Å². The summed E-state index contributed by atoms with van der Waals surface area (Å²) in [5.41, 5.74) is 0.921. The number of H-pyrrole nitrogens is 1. The molecule has 1 aliphatic carbocycles. The molecule has 1 aromatic heterocycles. The predicted octanol–water partition coefficient (Wildman–Crippen LogP) is 3.12. The molecule has 0 unspecified atom stereocenters. The molecule has 6 heteroatoms. The lowest BCUT2D eigenvalue weighted by molar-refractivity contribution is 0.573. The molecule has 0 saturated heterocycles. The molecule has 0 radical (unpaired) electrons. The molecule has 0 spiro atoms. The first-order chi connectivity index (χ1) is 9.54. The number of nitrogens with zero attached hydrogens (tertiary/aromatic N) is 1. The number of halogens is 3. The molecule has 0 aliphatic heterocycles. The van der Waals surface area contributed by atoms with Crippen LogP contribution in [0, 0.1) is 15.2 Å². The third-order valence-electron chi connectivity index (χ3n) is 3.27. The zero-order valence-electron chi connectivity index (χ0n) is 10.4. The molecule has 1 saturated carbocycles. The molecule has 0 bridgehead atoms. The Kier molecular flexibility index (Phi) is 3.57. The van der Waals surface area contributed by atoms with Gasteiger partial charge in [-0.25, -0.2) is 13.8 Å². The zero-order chi connectivity index (χ0) is 14.3. The molecule has 3 rings (SSSR count). The summed E-state index contributed by atoms with van der Waals surface area (Å²) >= 11 is 1.99. The Morgan fingerprint density at radius 3 is 2.75 bits per heavy atom. The molecular weight excluding hydrogens is 377 g/mol. The lowest BCUT2D eigenvalue weighted by Crippen LogP contribution is -2.18. The van der Waals surface area contributed by atoms with Crippen LogP contribution in [0.1, 0.15) is 35.8 Å². The number of hydrogen-bond acceptors (Lipinski definition) is 2. The second-order valence-electron chi connectivity index (χ2n) is 4.90. The van der Waals surface area contributed by atoms with Crippen molar-refractivity contribution in [1.82, 2.24) is 9.97 Å². The Morgan fingerprint density at radius 1 is 1.35 bits per heavy atom. The van der Waals surface area contributed by atoms with Gasteiger partial charge in [-0.2, -0.15) is 0 Å². The third kappa shape index (κ3) is 2.74. The van der Waals surface area contributed by atoms with E-state index in [1.165, 1.54) is 12.1 Å². The molecule has 20 heavy (non-hydrogen) atoms. The van der Waals surface area contributed by atoms with Crippen LogP contribution in [0.15, 0.2) is 23.0 Å². The maximum Gasteiger partial charge on any atom is 0.264 e. The summed E-state index contributed by atoms with van der Waals surface area (Å²) < 4.78 is 27.1. The van der Waals surface area contributed by atoms with Crippen LogP contribution in [0.3, 0.4) is 0 Å². The summed E-state index contributed by atoms with van der Waals surface area (Å²) in [7, 11) is 0. The predicted molar refractivity (Wildman–Crippen MR) is 78.7 cm³/mol. The highest BCUT2D eigenvalue weighted by Crippen LogP contribution is 2.40. The van der Waals surface area contributed by atoms with E-state index in [2.05, 4.69) is 9.97 Å². The highest BCUT2D eigenvalue weighted by Gasteiger charge is 2.28. The topological polar surface area (TPSA) is 45.8 Å². The summed E-state index contributed by atoms with van der Waals surface area (Å²) in [5.74, 6) is -0.475. The molecule has 1 aromatic carbocycles. The first kappa shape index (κ1) is 13.7. The summed E-state index contributed by atoms with van der Waals surface area (Å²) in [6.45, 7) is 0. The van der Waals surface area contributed by atoms with Gasteiger partial charge in [-0.15, -0.1) is 0 Å². The number of rotatable bonds is 3.